The van der Waals surface area contributed by atoms with Crippen LogP contribution in [0.1, 0.15) is 12.0 Å². The van der Waals surface area contributed by atoms with Gasteiger partial charge in [0.15, 0.2) is 0 Å². The number of nitrogens with one attached hydrogen (secondary N) is 1. The number of rotatable bonds is 6. The summed E-state index contributed by atoms with van der Waals surface area (Å²) in [7, 11) is 0. The summed E-state index contributed by atoms with van der Waals surface area (Å²) in [6, 6.07) is 14.8. The van der Waals surface area contributed by atoms with Crippen LogP contribution in [0.3, 0.4) is 0 Å². The third-order valence-electron chi connectivity index (χ3n) is 3.50. The van der Waals surface area contributed by atoms with Crippen LogP contribution in [-0.4, -0.2) is 16.1 Å². The fourth-order valence-corrected chi connectivity index (χ4v) is 2.44. The van der Waals surface area contributed by atoms with Crippen LogP contribution in [0, 0.1) is 5.82 Å². The first-order valence-electron chi connectivity index (χ1n) is 7.18. The summed E-state index contributed by atoms with van der Waals surface area (Å²) < 4.78 is 15.2. The molecule has 0 amide bonds. The maximum Gasteiger partial charge on any atom is 0.123 e. The zero-order chi connectivity index (χ0) is 14.5. The molecule has 3 aromatic rings. The number of fused-ring (bicyclic) bond motifs is 1. The highest BCUT2D eigenvalue weighted by Gasteiger charge is 2.00. The second-order valence-corrected chi connectivity index (χ2v) is 5.09. The van der Waals surface area contributed by atoms with Gasteiger partial charge >= 0.3 is 0 Å². The highest BCUT2D eigenvalue weighted by Crippen LogP contribution is 2.11. The van der Waals surface area contributed by atoms with Crippen molar-refractivity contribution in [3.8, 4) is 0 Å². The zero-order valence-electron chi connectivity index (χ0n) is 11.8. The van der Waals surface area contributed by atoms with Crippen molar-refractivity contribution in [1.29, 1.82) is 0 Å². The van der Waals surface area contributed by atoms with Crippen LogP contribution in [0.2, 0.25) is 0 Å². The SMILES string of the molecule is Fc1cccc(CNCCCn2cnc3ccccc32)c1. The maximum absolute atomic E-state index is 13.0. The smallest absolute Gasteiger partial charge is 0.123 e. The van der Waals surface area contributed by atoms with Gasteiger partial charge in [-0.1, -0.05) is 24.3 Å². The number of aryl methyl sites for hydroxylation is 1. The van der Waals surface area contributed by atoms with E-state index in [9.17, 15) is 4.39 Å². The number of aromatic nitrogens is 2. The lowest BCUT2D eigenvalue weighted by Crippen LogP contribution is -2.16. The Morgan fingerprint density at radius 1 is 1.10 bits per heavy atom. The fraction of sp³-hybridized carbons (Fsp3) is 0.235. The molecule has 0 aliphatic heterocycles. The Morgan fingerprint density at radius 2 is 2.00 bits per heavy atom. The minimum atomic E-state index is -0.181. The van der Waals surface area contributed by atoms with E-state index in [1.165, 1.54) is 11.6 Å². The van der Waals surface area contributed by atoms with Crippen molar-refractivity contribution in [1.82, 2.24) is 14.9 Å². The molecule has 2 aromatic carbocycles. The van der Waals surface area contributed by atoms with Gasteiger partial charge in [-0.05, 0) is 42.8 Å². The van der Waals surface area contributed by atoms with Gasteiger partial charge < -0.3 is 9.88 Å². The molecule has 3 rings (SSSR count). The zero-order valence-corrected chi connectivity index (χ0v) is 11.8. The lowest BCUT2D eigenvalue weighted by Gasteiger charge is -2.06. The van der Waals surface area contributed by atoms with E-state index < -0.39 is 0 Å². The van der Waals surface area contributed by atoms with E-state index in [0.29, 0.717) is 6.54 Å². The average molecular weight is 283 g/mol. The van der Waals surface area contributed by atoms with E-state index in [0.717, 1.165) is 30.6 Å². The summed E-state index contributed by atoms with van der Waals surface area (Å²) in [5.74, 6) is -0.181. The standard InChI is InChI=1S/C17H18FN3/c18-15-6-3-5-14(11-15)12-19-9-4-10-21-13-20-16-7-1-2-8-17(16)21/h1-3,5-8,11,13,19H,4,9-10,12H2. The summed E-state index contributed by atoms with van der Waals surface area (Å²) in [6.45, 7) is 2.52. The Bertz CT molecular complexity index is 721. The fourth-order valence-electron chi connectivity index (χ4n) is 2.44. The van der Waals surface area contributed by atoms with Crippen LogP contribution in [0.15, 0.2) is 54.9 Å². The summed E-state index contributed by atoms with van der Waals surface area (Å²) in [4.78, 5) is 4.38. The average Bonchev–Trinajstić information content (AvgIpc) is 2.90. The molecular weight excluding hydrogens is 265 g/mol. The van der Waals surface area contributed by atoms with E-state index in [4.69, 9.17) is 0 Å². The predicted octanol–water partition coefficient (Wildman–Crippen LogP) is 3.36. The van der Waals surface area contributed by atoms with Crippen LogP contribution in [0.4, 0.5) is 4.39 Å². The van der Waals surface area contributed by atoms with Gasteiger partial charge in [0.05, 0.1) is 17.4 Å². The molecule has 0 saturated carbocycles. The van der Waals surface area contributed by atoms with Gasteiger partial charge in [0, 0.05) is 13.1 Å². The van der Waals surface area contributed by atoms with Crippen LogP contribution >= 0.6 is 0 Å². The molecule has 0 unspecified atom stereocenters. The van der Waals surface area contributed by atoms with E-state index in [1.54, 1.807) is 12.1 Å². The molecule has 21 heavy (non-hydrogen) atoms. The molecule has 4 heteroatoms. The lowest BCUT2D eigenvalue weighted by molar-refractivity contribution is 0.584. The number of halogens is 1. The predicted molar refractivity (Wildman–Crippen MR) is 82.5 cm³/mol. The second-order valence-electron chi connectivity index (χ2n) is 5.09. The normalized spacial score (nSPS) is 11.1. The summed E-state index contributed by atoms with van der Waals surface area (Å²) in [6.07, 6.45) is 2.90. The van der Waals surface area contributed by atoms with E-state index in [-0.39, 0.29) is 5.82 Å². The van der Waals surface area contributed by atoms with E-state index in [2.05, 4.69) is 20.9 Å². The molecule has 0 aliphatic rings. The number of nitrogens with zero attached hydrogens (tertiary/aromatic N) is 2. The van der Waals surface area contributed by atoms with Gasteiger partial charge in [-0.15, -0.1) is 0 Å². The van der Waals surface area contributed by atoms with Gasteiger partial charge in [0.25, 0.3) is 0 Å². The molecule has 0 radical (unpaired) electrons. The van der Waals surface area contributed by atoms with Crippen LogP contribution in [0.25, 0.3) is 11.0 Å². The molecule has 0 spiro atoms. The van der Waals surface area contributed by atoms with Gasteiger partial charge in [-0.3, -0.25) is 0 Å². The Balaban J connectivity index is 1.46. The highest BCUT2D eigenvalue weighted by molar-refractivity contribution is 5.74. The monoisotopic (exact) mass is 283 g/mol. The Kier molecular flexibility index (Phi) is 4.26. The van der Waals surface area contributed by atoms with E-state index >= 15 is 0 Å². The third-order valence-corrected chi connectivity index (χ3v) is 3.50. The van der Waals surface area contributed by atoms with Gasteiger partial charge in [-0.25, -0.2) is 9.37 Å². The first-order valence-corrected chi connectivity index (χ1v) is 7.18. The number of para-hydroxylation sites is 2. The molecule has 1 N–H and O–H groups in total. The molecule has 0 atom stereocenters. The molecule has 0 aliphatic carbocycles. The number of benzene rings is 2. The van der Waals surface area contributed by atoms with Crippen molar-refractivity contribution in [3.05, 3.63) is 66.2 Å². The molecule has 0 bridgehead atoms. The topological polar surface area (TPSA) is 29.9 Å². The molecule has 1 heterocycles. The molecule has 0 saturated heterocycles. The summed E-state index contributed by atoms with van der Waals surface area (Å²) in [5.41, 5.74) is 3.18. The van der Waals surface area contributed by atoms with Crippen LogP contribution in [0.5, 0.6) is 0 Å². The Labute approximate surface area is 123 Å². The van der Waals surface area contributed by atoms with Crippen LogP contribution < -0.4 is 5.32 Å². The van der Waals surface area contributed by atoms with Crippen molar-refractivity contribution >= 4 is 11.0 Å². The van der Waals surface area contributed by atoms with Crippen molar-refractivity contribution in [3.63, 3.8) is 0 Å². The minimum absolute atomic E-state index is 0.181. The molecule has 1 aromatic heterocycles. The second kappa shape index (κ2) is 6.50. The van der Waals surface area contributed by atoms with Gasteiger partial charge in [-0.2, -0.15) is 0 Å². The molecular formula is C17H18FN3. The first kappa shape index (κ1) is 13.8. The van der Waals surface area contributed by atoms with Crippen molar-refractivity contribution in [2.45, 2.75) is 19.5 Å². The number of imidazole rings is 1. The summed E-state index contributed by atoms with van der Waals surface area (Å²) in [5, 5.41) is 3.34. The number of hydrogen-bond donors (Lipinski definition) is 1. The van der Waals surface area contributed by atoms with Crippen molar-refractivity contribution in [2.24, 2.45) is 0 Å². The molecule has 0 fully saturated rings. The van der Waals surface area contributed by atoms with Gasteiger partial charge in [0.1, 0.15) is 5.82 Å². The number of hydrogen-bond acceptors (Lipinski definition) is 2. The lowest BCUT2D eigenvalue weighted by atomic mass is 10.2. The molecule has 108 valence electrons. The minimum Gasteiger partial charge on any atom is -0.331 e. The Morgan fingerprint density at radius 3 is 2.90 bits per heavy atom. The maximum atomic E-state index is 13.0. The quantitative estimate of drug-likeness (QED) is 0.703. The van der Waals surface area contributed by atoms with Gasteiger partial charge in [0.2, 0.25) is 0 Å². The Hall–Kier alpha value is -2.20. The molecule has 3 nitrogen and oxygen atoms in total. The summed E-state index contributed by atoms with van der Waals surface area (Å²) >= 11 is 0. The van der Waals surface area contributed by atoms with Crippen molar-refractivity contribution in [2.75, 3.05) is 6.54 Å². The third kappa shape index (κ3) is 3.47. The van der Waals surface area contributed by atoms with Crippen LogP contribution in [-0.2, 0) is 13.1 Å². The largest absolute Gasteiger partial charge is 0.331 e. The first-order chi connectivity index (χ1) is 10.3. The van der Waals surface area contributed by atoms with E-state index in [1.807, 2.05) is 30.6 Å². The van der Waals surface area contributed by atoms with Crippen molar-refractivity contribution < 1.29 is 4.39 Å². The highest BCUT2D eigenvalue weighted by atomic mass is 19.1.